The van der Waals surface area contributed by atoms with Crippen LogP contribution in [-0.4, -0.2) is 5.11 Å². The minimum absolute atomic E-state index is 0.107. The summed E-state index contributed by atoms with van der Waals surface area (Å²) in [5.41, 5.74) is 3.46. The molecule has 0 radical (unpaired) electrons. The van der Waals surface area contributed by atoms with Gasteiger partial charge in [0.2, 0.25) is 0 Å². The molecule has 1 nitrogen and oxygen atoms in total. The number of phenols is 1. The Hall–Kier alpha value is -0.980. The molecule has 0 aromatic heterocycles. The summed E-state index contributed by atoms with van der Waals surface area (Å²) < 4.78 is 0. The summed E-state index contributed by atoms with van der Waals surface area (Å²) in [4.78, 5) is 0. The molecule has 16 heavy (non-hydrogen) atoms. The maximum absolute atomic E-state index is 10.2. The second-order valence-corrected chi connectivity index (χ2v) is 5.14. The first-order chi connectivity index (χ1) is 7.44. The van der Waals surface area contributed by atoms with E-state index in [9.17, 15) is 5.11 Å². The van der Waals surface area contributed by atoms with Crippen LogP contribution in [0.1, 0.15) is 56.7 Å². The van der Waals surface area contributed by atoms with Crippen molar-refractivity contribution < 1.29 is 5.11 Å². The molecule has 1 rings (SSSR count). The fourth-order valence-electron chi connectivity index (χ4n) is 2.47. The van der Waals surface area contributed by atoms with Gasteiger partial charge in [-0.2, -0.15) is 0 Å². The Kier molecular flexibility index (Phi) is 4.01. The van der Waals surface area contributed by atoms with Crippen molar-refractivity contribution in [1.29, 1.82) is 0 Å². The van der Waals surface area contributed by atoms with E-state index in [4.69, 9.17) is 0 Å². The average Bonchev–Trinajstić information content (AvgIpc) is 2.23. The molecule has 90 valence electrons. The van der Waals surface area contributed by atoms with Gasteiger partial charge in [0.05, 0.1) is 0 Å². The van der Waals surface area contributed by atoms with Gasteiger partial charge >= 0.3 is 0 Å². The first-order valence-electron chi connectivity index (χ1n) is 6.25. The lowest BCUT2D eigenvalue weighted by atomic mass is 9.75. The SMILES string of the molecule is CCCC(C)(CC)c1cc(C)cc(C)c1O. The molecule has 1 aromatic rings. The summed E-state index contributed by atoms with van der Waals surface area (Å²) >= 11 is 0. The fraction of sp³-hybridized carbons (Fsp3) is 0.600. The molecule has 0 spiro atoms. The minimum atomic E-state index is 0.107. The van der Waals surface area contributed by atoms with Crippen LogP contribution in [0.4, 0.5) is 0 Å². The van der Waals surface area contributed by atoms with Gasteiger partial charge in [-0.05, 0) is 37.7 Å². The zero-order chi connectivity index (χ0) is 12.3. The molecule has 0 fully saturated rings. The predicted molar refractivity (Wildman–Crippen MR) is 70.1 cm³/mol. The van der Waals surface area contributed by atoms with Gasteiger partial charge in [-0.3, -0.25) is 0 Å². The van der Waals surface area contributed by atoms with Crippen molar-refractivity contribution in [2.24, 2.45) is 0 Å². The fourth-order valence-corrected chi connectivity index (χ4v) is 2.47. The lowest BCUT2D eigenvalue weighted by Gasteiger charge is -2.30. The van der Waals surface area contributed by atoms with Gasteiger partial charge in [0.1, 0.15) is 5.75 Å². The van der Waals surface area contributed by atoms with Gasteiger partial charge in [0.25, 0.3) is 0 Å². The van der Waals surface area contributed by atoms with Crippen molar-refractivity contribution in [2.45, 2.75) is 59.3 Å². The average molecular weight is 220 g/mol. The highest BCUT2D eigenvalue weighted by Gasteiger charge is 2.27. The summed E-state index contributed by atoms with van der Waals surface area (Å²) in [6.07, 6.45) is 3.34. The van der Waals surface area contributed by atoms with E-state index in [1.54, 1.807) is 0 Å². The highest BCUT2D eigenvalue weighted by molar-refractivity contribution is 5.46. The molecule has 1 heteroatoms. The second kappa shape index (κ2) is 4.90. The third-order valence-corrected chi connectivity index (χ3v) is 3.68. The van der Waals surface area contributed by atoms with Crippen LogP contribution >= 0.6 is 0 Å². The Morgan fingerprint density at radius 3 is 2.31 bits per heavy atom. The predicted octanol–water partition coefficient (Wildman–Crippen LogP) is 4.48. The van der Waals surface area contributed by atoms with Crippen molar-refractivity contribution in [3.05, 3.63) is 28.8 Å². The van der Waals surface area contributed by atoms with Crippen LogP contribution in [0.15, 0.2) is 12.1 Å². The topological polar surface area (TPSA) is 20.2 Å². The van der Waals surface area contributed by atoms with Gasteiger partial charge in [0, 0.05) is 5.56 Å². The number of benzene rings is 1. The van der Waals surface area contributed by atoms with Crippen LogP contribution < -0.4 is 0 Å². The van der Waals surface area contributed by atoms with Crippen LogP contribution in [0.25, 0.3) is 0 Å². The summed E-state index contributed by atoms with van der Waals surface area (Å²) in [5, 5.41) is 10.2. The number of hydrogen-bond acceptors (Lipinski definition) is 1. The van der Waals surface area contributed by atoms with Gasteiger partial charge in [-0.1, -0.05) is 44.9 Å². The van der Waals surface area contributed by atoms with Gasteiger partial charge < -0.3 is 5.11 Å². The minimum Gasteiger partial charge on any atom is -0.507 e. The maximum Gasteiger partial charge on any atom is 0.122 e. The van der Waals surface area contributed by atoms with Crippen molar-refractivity contribution in [3.63, 3.8) is 0 Å². The number of aromatic hydroxyl groups is 1. The zero-order valence-electron chi connectivity index (χ0n) is 11.2. The van der Waals surface area contributed by atoms with Crippen LogP contribution in [0.3, 0.4) is 0 Å². The molecule has 0 aliphatic rings. The number of phenolic OH excluding ortho intramolecular Hbond substituents is 1. The maximum atomic E-state index is 10.2. The molecule has 1 unspecified atom stereocenters. The van der Waals surface area contributed by atoms with Crippen molar-refractivity contribution in [1.82, 2.24) is 0 Å². The highest BCUT2D eigenvalue weighted by atomic mass is 16.3. The van der Waals surface area contributed by atoms with Gasteiger partial charge in [-0.15, -0.1) is 0 Å². The Morgan fingerprint density at radius 1 is 1.19 bits per heavy atom. The molecule has 1 aromatic carbocycles. The van der Waals surface area contributed by atoms with Crippen molar-refractivity contribution in [2.75, 3.05) is 0 Å². The van der Waals surface area contributed by atoms with Crippen molar-refractivity contribution >= 4 is 0 Å². The quantitative estimate of drug-likeness (QED) is 0.793. The monoisotopic (exact) mass is 220 g/mol. The standard InChI is InChI=1S/C15H24O/c1-6-8-15(5,7-2)13-10-11(3)9-12(4)14(13)16/h9-10,16H,6-8H2,1-5H3. The molecular weight excluding hydrogens is 196 g/mol. The first-order valence-corrected chi connectivity index (χ1v) is 6.25. The number of rotatable bonds is 4. The number of aryl methyl sites for hydroxylation is 2. The van der Waals surface area contributed by atoms with Crippen molar-refractivity contribution in [3.8, 4) is 5.75 Å². The molecule has 0 saturated carbocycles. The lowest BCUT2D eigenvalue weighted by molar-refractivity contribution is 0.381. The molecule has 0 amide bonds. The van der Waals surface area contributed by atoms with E-state index in [1.165, 1.54) is 5.56 Å². The zero-order valence-corrected chi connectivity index (χ0v) is 11.2. The van der Waals surface area contributed by atoms with E-state index in [-0.39, 0.29) is 5.41 Å². The van der Waals surface area contributed by atoms with Crippen LogP contribution in [0, 0.1) is 13.8 Å². The van der Waals surface area contributed by atoms with Crippen LogP contribution in [0.5, 0.6) is 5.75 Å². The first kappa shape index (κ1) is 13.1. The summed E-state index contributed by atoms with van der Waals surface area (Å²) in [6, 6.07) is 4.18. The summed E-state index contributed by atoms with van der Waals surface area (Å²) in [5.74, 6) is 0.489. The van der Waals surface area contributed by atoms with E-state index in [0.29, 0.717) is 5.75 Å². The van der Waals surface area contributed by atoms with E-state index in [2.05, 4.69) is 33.8 Å². The molecule has 1 N–H and O–H groups in total. The molecule has 0 aliphatic heterocycles. The molecule has 0 saturated heterocycles. The van der Waals surface area contributed by atoms with E-state index in [0.717, 1.165) is 30.4 Å². The van der Waals surface area contributed by atoms with Gasteiger partial charge in [0.15, 0.2) is 0 Å². The van der Waals surface area contributed by atoms with E-state index in [1.807, 2.05) is 13.0 Å². The van der Waals surface area contributed by atoms with E-state index >= 15 is 0 Å². The Labute approximate surface area is 99.5 Å². The van der Waals surface area contributed by atoms with E-state index < -0.39 is 0 Å². The third-order valence-electron chi connectivity index (χ3n) is 3.68. The molecule has 0 heterocycles. The number of hydrogen-bond donors (Lipinski definition) is 1. The third kappa shape index (κ3) is 2.40. The normalized spacial score (nSPS) is 14.8. The lowest BCUT2D eigenvalue weighted by Crippen LogP contribution is -2.21. The molecule has 0 aliphatic carbocycles. The Bertz CT molecular complexity index is 368. The largest absolute Gasteiger partial charge is 0.507 e. The summed E-state index contributed by atoms with van der Waals surface area (Å²) in [7, 11) is 0. The Morgan fingerprint density at radius 2 is 1.81 bits per heavy atom. The molecule has 0 bridgehead atoms. The summed E-state index contributed by atoms with van der Waals surface area (Å²) in [6.45, 7) is 10.7. The highest BCUT2D eigenvalue weighted by Crippen LogP contribution is 2.39. The van der Waals surface area contributed by atoms with Gasteiger partial charge in [-0.25, -0.2) is 0 Å². The second-order valence-electron chi connectivity index (χ2n) is 5.14. The van der Waals surface area contributed by atoms with Crippen LogP contribution in [-0.2, 0) is 5.41 Å². The Balaban J connectivity index is 3.29. The molecule has 1 atom stereocenters. The molecular formula is C15H24O. The smallest absolute Gasteiger partial charge is 0.122 e. The van der Waals surface area contributed by atoms with Crippen LogP contribution in [0.2, 0.25) is 0 Å².